The Hall–Kier alpha value is -1.89. The number of benzene rings is 2. The molecule has 0 aliphatic heterocycles. The van der Waals surface area contributed by atoms with E-state index in [1.165, 1.54) is 11.8 Å². The summed E-state index contributed by atoms with van der Waals surface area (Å²) in [5.74, 6) is -0.180. The lowest BCUT2D eigenvalue weighted by atomic mass is 10.3. The van der Waals surface area contributed by atoms with Crippen LogP contribution in [0.5, 0.6) is 5.75 Å². The average molecular weight is 399 g/mol. The van der Waals surface area contributed by atoms with Gasteiger partial charge in [0, 0.05) is 9.92 Å². The van der Waals surface area contributed by atoms with Gasteiger partial charge in [-0.05, 0) is 37.3 Å². The van der Waals surface area contributed by atoms with Gasteiger partial charge in [0.2, 0.25) is 5.91 Å². The third kappa shape index (κ3) is 6.49. The normalized spacial score (nSPS) is 11.5. The van der Waals surface area contributed by atoms with Gasteiger partial charge in [-0.3, -0.25) is 20.4 Å². The summed E-state index contributed by atoms with van der Waals surface area (Å²) < 4.78 is 5.47. The Balaban J connectivity index is 1.75. The van der Waals surface area contributed by atoms with Gasteiger partial charge in [-0.25, -0.2) is 0 Å². The van der Waals surface area contributed by atoms with Crippen LogP contribution in [0, 0.1) is 0 Å². The van der Waals surface area contributed by atoms with E-state index in [9.17, 15) is 9.59 Å². The quantitative estimate of drug-likeness (QED) is 0.574. The van der Waals surface area contributed by atoms with Crippen LogP contribution in [-0.4, -0.2) is 23.7 Å². The highest BCUT2D eigenvalue weighted by Gasteiger charge is 2.15. The smallest absolute Gasteiger partial charge is 0.279 e. The van der Waals surface area contributed by atoms with E-state index >= 15 is 0 Å². The molecule has 8 heteroatoms. The van der Waals surface area contributed by atoms with Crippen molar-refractivity contribution >= 4 is 46.8 Å². The third-order valence-corrected chi connectivity index (χ3v) is 4.73. The van der Waals surface area contributed by atoms with Crippen molar-refractivity contribution in [3.63, 3.8) is 0 Å². The van der Waals surface area contributed by atoms with Gasteiger partial charge in [0.1, 0.15) is 5.75 Å². The lowest BCUT2D eigenvalue weighted by Crippen LogP contribution is -2.47. The van der Waals surface area contributed by atoms with Gasteiger partial charge in [-0.1, -0.05) is 41.4 Å². The number of hydrogen-bond donors (Lipinski definition) is 2. The molecule has 2 N–H and O–H groups in total. The van der Waals surface area contributed by atoms with Gasteiger partial charge >= 0.3 is 0 Å². The van der Waals surface area contributed by atoms with Gasteiger partial charge in [-0.15, -0.1) is 11.8 Å². The second-order valence-corrected chi connectivity index (χ2v) is 6.83. The molecule has 2 rings (SSSR count). The van der Waals surface area contributed by atoms with E-state index in [2.05, 4.69) is 10.9 Å². The molecule has 0 radical (unpaired) electrons. The van der Waals surface area contributed by atoms with Crippen LogP contribution in [0.15, 0.2) is 53.4 Å². The molecule has 2 aromatic carbocycles. The molecule has 0 saturated heterocycles. The van der Waals surface area contributed by atoms with Gasteiger partial charge in [0.25, 0.3) is 5.91 Å². The Labute approximate surface area is 160 Å². The Kier molecular flexibility index (Phi) is 7.43. The zero-order valence-electron chi connectivity index (χ0n) is 13.3. The number of hydrazine groups is 1. The number of rotatable bonds is 6. The Morgan fingerprint density at radius 3 is 2.56 bits per heavy atom. The standard InChI is InChI=1S/C17H16Cl2N2O3S/c1-11(24-13-5-3-2-4-6-13)17(23)21-20-16(22)10-25-15-9-12(18)7-8-14(15)19/h2-9,11H,10H2,1H3,(H,20,22)(H,21,23). The first-order chi connectivity index (χ1) is 12.0. The molecule has 0 fully saturated rings. The molecule has 0 aliphatic rings. The van der Waals surface area contributed by atoms with Gasteiger partial charge in [0.05, 0.1) is 10.8 Å². The zero-order chi connectivity index (χ0) is 18.2. The molecule has 2 aromatic rings. The first-order valence-corrected chi connectivity index (χ1v) is 9.08. The average Bonchev–Trinajstić information content (AvgIpc) is 2.61. The van der Waals surface area contributed by atoms with E-state index in [1.54, 1.807) is 49.4 Å². The molecular weight excluding hydrogens is 383 g/mol. The zero-order valence-corrected chi connectivity index (χ0v) is 15.6. The summed E-state index contributed by atoms with van der Waals surface area (Å²) in [6.45, 7) is 1.59. The van der Waals surface area contributed by atoms with Crippen LogP contribution in [0.4, 0.5) is 0 Å². The summed E-state index contributed by atoms with van der Waals surface area (Å²) >= 11 is 13.1. The van der Waals surface area contributed by atoms with E-state index < -0.39 is 12.0 Å². The minimum Gasteiger partial charge on any atom is -0.481 e. The van der Waals surface area contributed by atoms with E-state index in [4.69, 9.17) is 27.9 Å². The van der Waals surface area contributed by atoms with Gasteiger partial charge in [-0.2, -0.15) is 0 Å². The van der Waals surface area contributed by atoms with E-state index in [0.717, 1.165) is 0 Å². The van der Waals surface area contributed by atoms with Crippen molar-refractivity contribution in [2.24, 2.45) is 0 Å². The van der Waals surface area contributed by atoms with Gasteiger partial charge < -0.3 is 4.74 Å². The van der Waals surface area contributed by atoms with Crippen LogP contribution in [0.25, 0.3) is 0 Å². The highest BCUT2D eigenvalue weighted by atomic mass is 35.5. The van der Waals surface area contributed by atoms with Crippen molar-refractivity contribution in [2.45, 2.75) is 17.9 Å². The first-order valence-electron chi connectivity index (χ1n) is 7.34. The summed E-state index contributed by atoms with van der Waals surface area (Å²) in [7, 11) is 0. The minimum absolute atomic E-state index is 0.0776. The molecule has 0 aromatic heterocycles. The van der Waals surface area contributed by atoms with E-state index in [0.29, 0.717) is 20.7 Å². The lowest BCUT2D eigenvalue weighted by Gasteiger charge is -2.15. The van der Waals surface area contributed by atoms with Crippen molar-refractivity contribution in [3.05, 3.63) is 58.6 Å². The summed E-state index contributed by atoms with van der Waals surface area (Å²) in [6, 6.07) is 14.0. The highest BCUT2D eigenvalue weighted by Crippen LogP contribution is 2.29. The minimum atomic E-state index is -0.752. The van der Waals surface area contributed by atoms with Gasteiger partial charge in [0.15, 0.2) is 6.10 Å². The van der Waals surface area contributed by atoms with Crippen molar-refractivity contribution in [3.8, 4) is 5.75 Å². The van der Waals surface area contributed by atoms with Crippen LogP contribution in [0.2, 0.25) is 10.0 Å². The molecule has 0 saturated carbocycles. The van der Waals surface area contributed by atoms with Crippen molar-refractivity contribution in [2.75, 3.05) is 5.75 Å². The second kappa shape index (κ2) is 9.56. The van der Waals surface area contributed by atoms with Crippen LogP contribution in [0.3, 0.4) is 0 Å². The largest absolute Gasteiger partial charge is 0.481 e. The maximum Gasteiger partial charge on any atom is 0.279 e. The molecule has 0 spiro atoms. The van der Waals surface area contributed by atoms with Crippen molar-refractivity contribution < 1.29 is 14.3 Å². The second-order valence-electron chi connectivity index (χ2n) is 4.97. The fraction of sp³-hybridized carbons (Fsp3) is 0.176. The third-order valence-electron chi connectivity index (χ3n) is 3.00. The van der Waals surface area contributed by atoms with Crippen LogP contribution < -0.4 is 15.6 Å². The molecular formula is C17H16Cl2N2O3S. The molecule has 1 unspecified atom stereocenters. The summed E-state index contributed by atoms with van der Waals surface area (Å²) in [6.07, 6.45) is -0.752. The summed E-state index contributed by atoms with van der Waals surface area (Å²) in [5.41, 5.74) is 4.67. The number of thioether (sulfide) groups is 1. The summed E-state index contributed by atoms with van der Waals surface area (Å²) in [4.78, 5) is 24.5. The number of amides is 2. The number of hydrogen-bond acceptors (Lipinski definition) is 4. The molecule has 0 aliphatic carbocycles. The van der Waals surface area contributed by atoms with E-state index in [1.807, 2.05) is 6.07 Å². The van der Waals surface area contributed by atoms with Crippen LogP contribution >= 0.6 is 35.0 Å². The molecule has 25 heavy (non-hydrogen) atoms. The fourth-order valence-electron chi connectivity index (χ4n) is 1.76. The molecule has 5 nitrogen and oxygen atoms in total. The highest BCUT2D eigenvalue weighted by molar-refractivity contribution is 8.00. The Morgan fingerprint density at radius 1 is 1.12 bits per heavy atom. The Morgan fingerprint density at radius 2 is 1.84 bits per heavy atom. The molecule has 132 valence electrons. The fourth-order valence-corrected chi connectivity index (χ4v) is 3.05. The first kappa shape index (κ1) is 19.4. The number of para-hydroxylation sites is 1. The maximum atomic E-state index is 11.9. The number of nitrogens with one attached hydrogen (secondary N) is 2. The molecule has 1 atom stereocenters. The molecule has 2 amide bonds. The lowest BCUT2D eigenvalue weighted by molar-refractivity contribution is -0.131. The Bertz CT molecular complexity index is 744. The SMILES string of the molecule is CC(Oc1ccccc1)C(=O)NNC(=O)CSc1cc(Cl)ccc1Cl. The molecule has 0 bridgehead atoms. The predicted octanol–water partition coefficient (Wildman–Crippen LogP) is 3.70. The van der Waals surface area contributed by atoms with Crippen LogP contribution in [0.1, 0.15) is 6.92 Å². The van der Waals surface area contributed by atoms with Crippen molar-refractivity contribution in [1.82, 2.24) is 10.9 Å². The number of halogens is 2. The topological polar surface area (TPSA) is 67.4 Å². The number of ether oxygens (including phenoxy) is 1. The number of carbonyl (C=O) groups is 2. The summed E-state index contributed by atoms with van der Waals surface area (Å²) in [5, 5.41) is 1.05. The monoisotopic (exact) mass is 398 g/mol. The maximum absolute atomic E-state index is 11.9. The number of carbonyl (C=O) groups excluding carboxylic acids is 2. The predicted molar refractivity (Wildman–Crippen MR) is 100 cm³/mol. The van der Waals surface area contributed by atoms with Crippen molar-refractivity contribution in [1.29, 1.82) is 0 Å². The molecule has 0 heterocycles. The van der Waals surface area contributed by atoms with Crippen LogP contribution in [-0.2, 0) is 9.59 Å². The van der Waals surface area contributed by atoms with E-state index in [-0.39, 0.29) is 11.7 Å².